The first-order valence-electron chi connectivity index (χ1n) is 14.5. The molecule has 0 bridgehead atoms. The van der Waals surface area contributed by atoms with Crippen LogP contribution in [0, 0.1) is 0 Å². The fourth-order valence-electron chi connectivity index (χ4n) is 4.76. The van der Waals surface area contributed by atoms with Crippen molar-refractivity contribution in [2.75, 3.05) is 11.9 Å². The molecule has 45 heavy (non-hydrogen) atoms. The molecule has 0 atom stereocenters. The molecular weight excluding hydrogens is 609 g/mol. The number of nitrogens with one attached hydrogen (secondary N) is 1. The van der Waals surface area contributed by atoms with Gasteiger partial charge in [0.05, 0.1) is 22.9 Å². The van der Waals surface area contributed by atoms with Crippen LogP contribution in [0.15, 0.2) is 97.2 Å². The van der Waals surface area contributed by atoms with Crippen LogP contribution in [0.3, 0.4) is 0 Å². The summed E-state index contributed by atoms with van der Waals surface area (Å²) in [5.41, 5.74) is 5.80. The molecule has 0 saturated carbocycles. The minimum Gasteiger partial charge on any atom is -0.462 e. The Labute approximate surface area is 272 Å². The third-order valence-electron chi connectivity index (χ3n) is 6.80. The second-order valence-corrected chi connectivity index (χ2v) is 12.2. The summed E-state index contributed by atoms with van der Waals surface area (Å²) in [6.07, 6.45) is 1.92. The van der Waals surface area contributed by atoms with Gasteiger partial charge >= 0.3 is 12.1 Å². The van der Waals surface area contributed by atoms with Gasteiger partial charge in [0.1, 0.15) is 11.4 Å². The number of aromatic nitrogens is 2. The molecule has 0 aliphatic carbocycles. The molecule has 1 N–H and O–H groups in total. The normalized spacial score (nSPS) is 11.2. The molecule has 4 aromatic carbocycles. The molecule has 0 fully saturated rings. The number of benzene rings is 4. The highest BCUT2D eigenvalue weighted by molar-refractivity contribution is 6.36. The van der Waals surface area contributed by atoms with Crippen LogP contribution in [0.4, 0.5) is 10.5 Å². The van der Waals surface area contributed by atoms with Crippen molar-refractivity contribution in [1.29, 1.82) is 0 Å². The first-order chi connectivity index (χ1) is 21.5. The van der Waals surface area contributed by atoms with E-state index in [2.05, 4.69) is 17.4 Å². The molecule has 0 radical (unpaired) electrons. The lowest BCUT2D eigenvalue weighted by Gasteiger charge is -2.20. The monoisotopic (exact) mass is 641 g/mol. The van der Waals surface area contributed by atoms with Crippen molar-refractivity contribution in [1.82, 2.24) is 9.55 Å². The largest absolute Gasteiger partial charge is 0.462 e. The van der Waals surface area contributed by atoms with Crippen LogP contribution in [0.5, 0.6) is 0 Å². The van der Waals surface area contributed by atoms with Crippen molar-refractivity contribution in [2.45, 2.75) is 39.7 Å². The molecule has 0 unspecified atom stereocenters. The van der Waals surface area contributed by atoms with Crippen LogP contribution in [0.2, 0.25) is 10.0 Å². The van der Waals surface area contributed by atoms with E-state index < -0.39 is 11.7 Å². The number of esters is 1. The van der Waals surface area contributed by atoms with Crippen LogP contribution < -0.4 is 5.32 Å². The van der Waals surface area contributed by atoms with Gasteiger partial charge in [-0.1, -0.05) is 65.7 Å². The topological polar surface area (TPSA) is 82.5 Å². The van der Waals surface area contributed by atoms with E-state index in [-0.39, 0.29) is 5.97 Å². The zero-order valence-corrected chi connectivity index (χ0v) is 26.9. The fourth-order valence-corrected chi connectivity index (χ4v) is 5.26. The van der Waals surface area contributed by atoms with E-state index in [1.807, 2.05) is 80.1 Å². The molecule has 230 valence electrons. The average Bonchev–Trinajstić information content (AvgIpc) is 3.40. The van der Waals surface area contributed by atoms with E-state index in [1.165, 1.54) is 0 Å². The predicted molar refractivity (Wildman–Crippen MR) is 180 cm³/mol. The number of carbonyl (C=O) groups excluding carboxylic acids is 2. The van der Waals surface area contributed by atoms with Gasteiger partial charge in [-0.25, -0.2) is 14.6 Å². The molecule has 1 heterocycles. The summed E-state index contributed by atoms with van der Waals surface area (Å²) in [7, 11) is 0. The number of rotatable bonds is 8. The van der Waals surface area contributed by atoms with Gasteiger partial charge in [0.2, 0.25) is 0 Å². The summed E-state index contributed by atoms with van der Waals surface area (Å²) >= 11 is 12.7. The van der Waals surface area contributed by atoms with Gasteiger partial charge < -0.3 is 14.0 Å². The zero-order chi connectivity index (χ0) is 32.1. The van der Waals surface area contributed by atoms with Crippen molar-refractivity contribution in [3.05, 3.63) is 124 Å². The maximum absolute atomic E-state index is 12.4. The quantitative estimate of drug-likeness (QED) is 0.171. The number of hydrogen-bond acceptors (Lipinski definition) is 5. The first-order valence-corrected chi connectivity index (χ1v) is 15.3. The number of carbonyl (C=O) groups is 2. The van der Waals surface area contributed by atoms with Crippen molar-refractivity contribution >= 4 is 41.0 Å². The van der Waals surface area contributed by atoms with Gasteiger partial charge in [-0.15, -0.1) is 0 Å². The maximum atomic E-state index is 12.4. The molecule has 5 rings (SSSR count). The summed E-state index contributed by atoms with van der Waals surface area (Å²) in [6.45, 7) is 7.58. The van der Waals surface area contributed by atoms with Crippen molar-refractivity contribution in [2.24, 2.45) is 0 Å². The molecular formula is C36H33Cl2N3O4. The third kappa shape index (κ3) is 8.12. The molecule has 0 saturated heterocycles. The second kappa shape index (κ2) is 13.6. The Morgan fingerprint density at radius 1 is 0.889 bits per heavy atom. The van der Waals surface area contributed by atoms with Crippen LogP contribution in [0.25, 0.3) is 28.1 Å². The molecule has 0 spiro atoms. The predicted octanol–water partition coefficient (Wildman–Crippen LogP) is 9.63. The van der Waals surface area contributed by atoms with Crippen LogP contribution >= 0.6 is 23.2 Å². The van der Waals surface area contributed by atoms with Gasteiger partial charge in [0, 0.05) is 34.6 Å². The van der Waals surface area contributed by atoms with Gasteiger partial charge in [-0.05, 0) is 92.9 Å². The Kier molecular flexibility index (Phi) is 9.61. The lowest BCUT2D eigenvalue weighted by Crippen LogP contribution is -2.27. The number of imidazole rings is 1. The van der Waals surface area contributed by atoms with E-state index in [4.69, 9.17) is 37.7 Å². The SMILES string of the molecule is CCOC(=O)c1ccc(-c2ccc(Cc3nc(-c4ccc(Cl)cc4Cl)cn3-c3cccc(NC(=O)OC(C)(C)C)c3)cc2)cc1. The lowest BCUT2D eigenvalue weighted by molar-refractivity contribution is 0.0525. The van der Waals surface area contributed by atoms with E-state index in [9.17, 15) is 9.59 Å². The van der Waals surface area contributed by atoms with E-state index in [0.717, 1.165) is 33.8 Å². The summed E-state index contributed by atoms with van der Waals surface area (Å²) < 4.78 is 12.5. The number of ether oxygens (including phenoxy) is 2. The van der Waals surface area contributed by atoms with Crippen LogP contribution in [-0.4, -0.2) is 33.8 Å². The molecule has 0 aliphatic rings. The maximum Gasteiger partial charge on any atom is 0.412 e. The van der Waals surface area contributed by atoms with Crippen LogP contribution in [-0.2, 0) is 15.9 Å². The smallest absolute Gasteiger partial charge is 0.412 e. The number of halogens is 2. The van der Waals surface area contributed by atoms with Crippen LogP contribution in [0.1, 0.15) is 49.4 Å². The molecule has 1 amide bonds. The second-order valence-electron chi connectivity index (χ2n) is 11.4. The molecule has 1 aromatic heterocycles. The van der Waals surface area contributed by atoms with E-state index >= 15 is 0 Å². The highest BCUT2D eigenvalue weighted by Crippen LogP contribution is 2.32. The standard InChI is InChI=1S/C36H33Cl2N3O4/c1-5-44-34(42)26-15-13-25(14-16-26)24-11-9-23(10-12-24)19-33-40-32(30-18-17-27(37)20-31(30)38)22-41(33)29-8-6-7-28(21-29)39-35(43)45-36(2,3)4/h6-18,20-22H,5,19H2,1-4H3,(H,39,43). The van der Waals surface area contributed by atoms with Gasteiger partial charge in [-0.3, -0.25) is 5.32 Å². The number of anilines is 1. The summed E-state index contributed by atoms with van der Waals surface area (Å²) in [5, 5.41) is 3.85. The van der Waals surface area contributed by atoms with Crippen molar-refractivity contribution in [3.63, 3.8) is 0 Å². The zero-order valence-electron chi connectivity index (χ0n) is 25.4. The Balaban J connectivity index is 1.45. The highest BCUT2D eigenvalue weighted by Gasteiger charge is 2.18. The summed E-state index contributed by atoms with van der Waals surface area (Å²) in [6, 6.07) is 28.4. The minimum absolute atomic E-state index is 0.333. The fraction of sp³-hybridized carbons (Fsp3) is 0.194. The van der Waals surface area contributed by atoms with Gasteiger partial charge in [-0.2, -0.15) is 0 Å². The van der Waals surface area contributed by atoms with Gasteiger partial charge in [0.15, 0.2) is 0 Å². The Hall–Kier alpha value is -4.59. The molecule has 0 aliphatic heterocycles. The minimum atomic E-state index is -0.617. The highest BCUT2D eigenvalue weighted by atomic mass is 35.5. The third-order valence-corrected chi connectivity index (χ3v) is 7.35. The Bertz CT molecular complexity index is 1830. The Morgan fingerprint density at radius 3 is 2.22 bits per heavy atom. The lowest BCUT2D eigenvalue weighted by atomic mass is 10.0. The Morgan fingerprint density at radius 2 is 1.58 bits per heavy atom. The number of amides is 1. The van der Waals surface area contributed by atoms with Gasteiger partial charge in [0.25, 0.3) is 0 Å². The van der Waals surface area contributed by atoms with Crippen molar-refractivity contribution in [3.8, 4) is 28.1 Å². The first kappa shape index (κ1) is 31.8. The van der Waals surface area contributed by atoms with Crippen molar-refractivity contribution < 1.29 is 19.1 Å². The van der Waals surface area contributed by atoms with E-state index in [1.54, 1.807) is 37.3 Å². The average molecular weight is 643 g/mol. The number of nitrogens with zero attached hydrogens (tertiary/aromatic N) is 2. The summed E-state index contributed by atoms with van der Waals surface area (Å²) in [5.74, 6) is 0.442. The number of hydrogen-bond donors (Lipinski definition) is 1. The molecule has 7 nitrogen and oxygen atoms in total. The molecule has 5 aromatic rings. The molecule has 9 heteroatoms. The van der Waals surface area contributed by atoms with E-state index in [0.29, 0.717) is 40.0 Å². The summed E-state index contributed by atoms with van der Waals surface area (Å²) in [4.78, 5) is 29.4.